The van der Waals surface area contributed by atoms with Gasteiger partial charge >= 0.3 is 0 Å². The third-order valence-electron chi connectivity index (χ3n) is 4.13. The zero-order valence-electron chi connectivity index (χ0n) is 16.7. The van der Waals surface area contributed by atoms with Crippen molar-refractivity contribution in [3.05, 3.63) is 12.2 Å². The fourth-order valence-corrected chi connectivity index (χ4v) is 2.50. The van der Waals surface area contributed by atoms with Gasteiger partial charge in [-0.05, 0) is 5.92 Å². The number of imide groups is 1. The first-order valence-electron chi connectivity index (χ1n) is 9.28. The lowest BCUT2D eigenvalue weighted by Crippen LogP contribution is -2.41. The molecule has 0 saturated carbocycles. The molecular formula is C19H29N2O7. The summed E-state index contributed by atoms with van der Waals surface area (Å²) >= 11 is 0. The van der Waals surface area contributed by atoms with Gasteiger partial charge in [0.05, 0.1) is 52.6 Å². The van der Waals surface area contributed by atoms with Gasteiger partial charge < -0.3 is 19.1 Å². The molecule has 0 N–H and O–H groups in total. The zero-order valence-corrected chi connectivity index (χ0v) is 16.7. The Bertz CT molecular complexity index is 544. The van der Waals surface area contributed by atoms with E-state index in [2.05, 4.69) is 0 Å². The molecule has 0 fully saturated rings. The summed E-state index contributed by atoms with van der Waals surface area (Å²) in [6.45, 7) is 5.84. The maximum atomic E-state index is 12.0. The van der Waals surface area contributed by atoms with Crippen LogP contribution >= 0.6 is 0 Å². The van der Waals surface area contributed by atoms with Crippen LogP contribution in [0, 0.1) is 5.92 Å². The highest BCUT2D eigenvalue weighted by Crippen LogP contribution is 2.08. The summed E-state index contributed by atoms with van der Waals surface area (Å²) in [5, 5.41) is 0. The number of carbonyl (C=O) groups is 3. The minimum atomic E-state index is -0.547. The SMILES string of the molecule is CC(C)[C@@H]([C]=O)N(C)C(=O)CCOCCOCCOCCN1C(=O)C=CC1=O. The molecule has 1 rings (SSSR count). The predicted octanol–water partition coefficient (Wildman–Crippen LogP) is -0.0560. The van der Waals surface area contributed by atoms with E-state index in [9.17, 15) is 19.2 Å². The minimum absolute atomic E-state index is 0.0102. The Morgan fingerprint density at radius 1 is 1.00 bits per heavy atom. The molecule has 1 aliphatic heterocycles. The van der Waals surface area contributed by atoms with Crippen molar-refractivity contribution in [1.29, 1.82) is 0 Å². The summed E-state index contributed by atoms with van der Waals surface area (Å²) in [6.07, 6.45) is 4.55. The van der Waals surface area contributed by atoms with Crippen molar-refractivity contribution in [2.75, 3.05) is 53.2 Å². The number of carbonyl (C=O) groups excluding carboxylic acids is 4. The Morgan fingerprint density at radius 2 is 1.50 bits per heavy atom. The number of nitrogens with zero attached hydrogens (tertiary/aromatic N) is 2. The minimum Gasteiger partial charge on any atom is -0.379 e. The molecule has 0 aromatic rings. The molecule has 0 aromatic carbocycles. The van der Waals surface area contributed by atoms with E-state index in [4.69, 9.17) is 14.2 Å². The van der Waals surface area contributed by atoms with E-state index in [1.807, 2.05) is 20.1 Å². The molecule has 0 aliphatic carbocycles. The van der Waals surface area contributed by atoms with Gasteiger partial charge in [-0.3, -0.25) is 24.1 Å². The average molecular weight is 397 g/mol. The maximum absolute atomic E-state index is 12.0. The van der Waals surface area contributed by atoms with Crippen molar-refractivity contribution in [2.24, 2.45) is 5.92 Å². The van der Waals surface area contributed by atoms with Crippen molar-refractivity contribution in [1.82, 2.24) is 9.80 Å². The molecule has 3 amide bonds. The number of ether oxygens (including phenoxy) is 3. The van der Waals surface area contributed by atoms with E-state index < -0.39 is 6.04 Å². The van der Waals surface area contributed by atoms with Crippen molar-refractivity contribution in [2.45, 2.75) is 26.3 Å². The fraction of sp³-hybridized carbons (Fsp3) is 0.684. The van der Waals surface area contributed by atoms with Crippen LogP contribution in [0.15, 0.2) is 12.2 Å². The van der Waals surface area contributed by atoms with Crippen LogP contribution in [-0.4, -0.2) is 93.1 Å². The third-order valence-corrected chi connectivity index (χ3v) is 4.13. The first-order valence-corrected chi connectivity index (χ1v) is 9.28. The number of hydrogen-bond donors (Lipinski definition) is 0. The lowest BCUT2D eigenvalue weighted by Gasteiger charge is -2.26. The van der Waals surface area contributed by atoms with E-state index in [0.717, 1.165) is 4.90 Å². The fourth-order valence-electron chi connectivity index (χ4n) is 2.50. The van der Waals surface area contributed by atoms with Crippen LogP contribution < -0.4 is 0 Å². The summed E-state index contributed by atoms with van der Waals surface area (Å²) in [4.78, 5) is 48.1. The Hall–Kier alpha value is -2.10. The van der Waals surface area contributed by atoms with Gasteiger partial charge in [-0.1, -0.05) is 13.8 Å². The highest BCUT2D eigenvalue weighted by atomic mass is 16.5. The Labute approximate surface area is 165 Å². The van der Waals surface area contributed by atoms with Crippen LogP contribution in [0.4, 0.5) is 0 Å². The average Bonchev–Trinajstić information content (AvgIpc) is 2.97. The lowest BCUT2D eigenvalue weighted by atomic mass is 10.0. The van der Waals surface area contributed by atoms with Gasteiger partial charge in [0.2, 0.25) is 12.2 Å². The van der Waals surface area contributed by atoms with Gasteiger partial charge in [-0.25, -0.2) is 0 Å². The topological polar surface area (TPSA) is 102 Å². The highest BCUT2D eigenvalue weighted by Gasteiger charge is 2.23. The number of hydrogen-bond acceptors (Lipinski definition) is 7. The van der Waals surface area contributed by atoms with Crippen molar-refractivity contribution < 1.29 is 33.4 Å². The van der Waals surface area contributed by atoms with Crippen LogP contribution in [0.5, 0.6) is 0 Å². The van der Waals surface area contributed by atoms with Gasteiger partial charge in [-0.15, -0.1) is 0 Å². The summed E-state index contributed by atoms with van der Waals surface area (Å²) in [6, 6.07) is -0.547. The molecule has 1 heterocycles. The van der Waals surface area contributed by atoms with E-state index in [1.54, 1.807) is 7.05 Å². The normalized spacial score (nSPS) is 14.8. The second kappa shape index (κ2) is 13.1. The molecule has 9 nitrogen and oxygen atoms in total. The molecule has 157 valence electrons. The molecule has 0 saturated heterocycles. The van der Waals surface area contributed by atoms with Crippen molar-refractivity contribution >= 4 is 24.0 Å². The van der Waals surface area contributed by atoms with Gasteiger partial charge in [0, 0.05) is 19.2 Å². The molecule has 0 aromatic heterocycles. The predicted molar refractivity (Wildman–Crippen MR) is 100 cm³/mol. The number of rotatable bonds is 15. The zero-order chi connectivity index (χ0) is 20.9. The molecule has 1 aliphatic rings. The second-order valence-corrected chi connectivity index (χ2v) is 6.56. The number of likely N-dealkylation sites (N-methyl/N-ethyl adjacent to an activating group) is 1. The summed E-state index contributed by atoms with van der Waals surface area (Å²) in [5.74, 6) is -0.802. The molecular weight excluding hydrogens is 368 g/mol. The highest BCUT2D eigenvalue weighted by molar-refractivity contribution is 6.12. The van der Waals surface area contributed by atoms with Crippen molar-refractivity contribution in [3.8, 4) is 0 Å². The molecule has 0 unspecified atom stereocenters. The standard InChI is InChI=1S/C19H29N2O7/c1-15(2)16(14-22)20(3)17(23)6-8-26-10-12-28-13-11-27-9-7-21-18(24)4-5-19(21)25/h4-5,15-16H,6-13H2,1-3H3/t16-/m1/s1. The molecule has 0 bridgehead atoms. The molecule has 28 heavy (non-hydrogen) atoms. The summed E-state index contributed by atoms with van der Waals surface area (Å²) in [5.41, 5.74) is 0. The lowest BCUT2D eigenvalue weighted by molar-refractivity contribution is -0.138. The number of amides is 3. The van der Waals surface area contributed by atoms with Crippen LogP contribution in [0.2, 0.25) is 0 Å². The Balaban J connectivity index is 1.95. The largest absolute Gasteiger partial charge is 0.379 e. The van der Waals surface area contributed by atoms with Crippen LogP contribution in [-0.2, 0) is 33.4 Å². The summed E-state index contributed by atoms with van der Waals surface area (Å²) in [7, 11) is 1.59. The van der Waals surface area contributed by atoms with Crippen LogP contribution in [0.3, 0.4) is 0 Å². The quantitative estimate of drug-likeness (QED) is 0.282. The van der Waals surface area contributed by atoms with E-state index in [-0.39, 0.29) is 49.8 Å². The molecule has 0 spiro atoms. The van der Waals surface area contributed by atoms with Gasteiger partial charge in [0.25, 0.3) is 11.8 Å². The monoisotopic (exact) mass is 397 g/mol. The van der Waals surface area contributed by atoms with Crippen LogP contribution in [0.1, 0.15) is 20.3 Å². The van der Waals surface area contributed by atoms with Crippen LogP contribution in [0.25, 0.3) is 0 Å². The van der Waals surface area contributed by atoms with Gasteiger partial charge in [0.1, 0.15) is 6.04 Å². The Morgan fingerprint density at radius 3 is 2.00 bits per heavy atom. The Kier molecular flexibility index (Phi) is 11.2. The summed E-state index contributed by atoms with van der Waals surface area (Å²) < 4.78 is 16.0. The van der Waals surface area contributed by atoms with Gasteiger partial charge in [-0.2, -0.15) is 0 Å². The molecule has 1 radical (unpaired) electrons. The van der Waals surface area contributed by atoms with Gasteiger partial charge in [0.15, 0.2) is 0 Å². The van der Waals surface area contributed by atoms with E-state index in [0.29, 0.717) is 26.4 Å². The molecule has 1 atom stereocenters. The second-order valence-electron chi connectivity index (χ2n) is 6.56. The first kappa shape index (κ1) is 23.9. The smallest absolute Gasteiger partial charge is 0.253 e. The first-order chi connectivity index (χ1) is 13.4. The molecule has 9 heteroatoms. The van der Waals surface area contributed by atoms with Crippen molar-refractivity contribution in [3.63, 3.8) is 0 Å². The third kappa shape index (κ3) is 8.28. The van der Waals surface area contributed by atoms with E-state index in [1.165, 1.54) is 17.1 Å². The maximum Gasteiger partial charge on any atom is 0.253 e. The van der Waals surface area contributed by atoms with E-state index >= 15 is 0 Å².